The molecule has 0 saturated heterocycles. The van der Waals surface area contributed by atoms with Crippen LogP contribution in [0.2, 0.25) is 0 Å². The molecule has 2 aromatic rings. The number of oxime groups is 1. The normalized spacial score (nSPS) is 14.4. The van der Waals surface area contributed by atoms with Crippen molar-refractivity contribution in [3.05, 3.63) is 65.2 Å². The third-order valence-electron chi connectivity index (χ3n) is 3.83. The Labute approximate surface area is 153 Å². The number of aryl methyl sites for hydroxylation is 1. The highest BCUT2D eigenvalue weighted by Gasteiger charge is 2.10. The molecule has 7 heteroatoms. The molecular formula is C19H23N5O2. The van der Waals surface area contributed by atoms with E-state index in [1.807, 2.05) is 50.4 Å². The minimum absolute atomic E-state index is 0.365. The number of hydrogen-bond donors (Lipinski definition) is 2. The van der Waals surface area contributed by atoms with Gasteiger partial charge < -0.3 is 9.57 Å². The summed E-state index contributed by atoms with van der Waals surface area (Å²) in [5.74, 6) is 1.49. The minimum Gasteiger partial charge on any atom is -0.486 e. The molecule has 0 radical (unpaired) electrons. The molecule has 2 aromatic carbocycles. The van der Waals surface area contributed by atoms with Crippen LogP contribution < -0.4 is 15.7 Å². The molecule has 3 rings (SSSR count). The van der Waals surface area contributed by atoms with Crippen LogP contribution in [-0.4, -0.2) is 30.3 Å². The van der Waals surface area contributed by atoms with E-state index in [1.54, 1.807) is 5.12 Å². The molecule has 0 spiro atoms. The molecule has 0 amide bonds. The number of hydrazine groups is 2. The Morgan fingerprint density at radius 1 is 1.08 bits per heavy atom. The highest BCUT2D eigenvalue weighted by atomic mass is 16.6. The van der Waals surface area contributed by atoms with Gasteiger partial charge >= 0.3 is 0 Å². The van der Waals surface area contributed by atoms with E-state index in [2.05, 4.69) is 40.3 Å². The van der Waals surface area contributed by atoms with Gasteiger partial charge in [0.15, 0.2) is 5.84 Å². The molecule has 0 aliphatic carbocycles. The van der Waals surface area contributed by atoms with E-state index in [0.717, 1.165) is 28.4 Å². The maximum Gasteiger partial charge on any atom is 0.177 e. The summed E-state index contributed by atoms with van der Waals surface area (Å²) in [4.78, 5) is 5.45. The van der Waals surface area contributed by atoms with Gasteiger partial charge in [0, 0.05) is 7.05 Å². The van der Waals surface area contributed by atoms with Crippen molar-refractivity contribution >= 4 is 11.5 Å². The van der Waals surface area contributed by atoms with E-state index in [4.69, 9.17) is 9.57 Å². The molecule has 0 saturated carbocycles. The second-order valence-electron chi connectivity index (χ2n) is 6.08. The number of hydrogen-bond acceptors (Lipinski definition) is 7. The fraction of sp³-hybridized carbons (Fsp3) is 0.263. The molecule has 0 unspecified atom stereocenters. The van der Waals surface area contributed by atoms with Gasteiger partial charge in [0.1, 0.15) is 19.0 Å². The number of amidine groups is 1. The lowest BCUT2D eigenvalue weighted by Crippen LogP contribution is -2.39. The third-order valence-corrected chi connectivity index (χ3v) is 3.83. The van der Waals surface area contributed by atoms with E-state index in [9.17, 15) is 0 Å². The van der Waals surface area contributed by atoms with Gasteiger partial charge in [-0.2, -0.15) is 0 Å². The van der Waals surface area contributed by atoms with Crippen molar-refractivity contribution in [3.63, 3.8) is 0 Å². The number of ether oxygens (including phenoxy) is 1. The summed E-state index contributed by atoms with van der Waals surface area (Å²) in [5.41, 5.74) is 9.90. The second-order valence-corrected chi connectivity index (χ2v) is 6.08. The number of benzene rings is 2. The highest BCUT2D eigenvalue weighted by Crippen LogP contribution is 2.13. The smallest absolute Gasteiger partial charge is 0.177 e. The first-order valence-electron chi connectivity index (χ1n) is 8.38. The molecular weight excluding hydrogens is 330 g/mol. The minimum atomic E-state index is 0.365. The molecule has 7 nitrogen and oxygen atoms in total. The Kier molecular flexibility index (Phi) is 5.70. The standard InChI is InChI=1S/C19H23N5O2/c1-14-4-6-16(7-5-14)12-26-22-15(2)17-8-10-18(11-9-17)25-13-19-20-23-24(3)21-19/h4-11,23H,12-13H2,1-3H3,(H,20,21). The van der Waals surface area contributed by atoms with Crippen LogP contribution in [-0.2, 0) is 11.4 Å². The molecule has 0 atom stereocenters. The van der Waals surface area contributed by atoms with Crippen LogP contribution in [0.25, 0.3) is 0 Å². The molecule has 0 aromatic heterocycles. The van der Waals surface area contributed by atoms with Gasteiger partial charge in [-0.1, -0.05) is 35.0 Å². The Hall–Kier alpha value is -3.06. The topological polar surface area (TPSA) is 70.5 Å². The van der Waals surface area contributed by atoms with Gasteiger partial charge in [-0.25, -0.2) is 5.53 Å². The van der Waals surface area contributed by atoms with Gasteiger partial charge in [0.25, 0.3) is 0 Å². The molecule has 0 fully saturated rings. The van der Waals surface area contributed by atoms with Crippen LogP contribution in [0, 0.1) is 6.92 Å². The van der Waals surface area contributed by atoms with Crippen molar-refractivity contribution in [3.8, 4) is 5.75 Å². The van der Waals surface area contributed by atoms with Crippen LogP contribution in [0.4, 0.5) is 0 Å². The first kappa shape index (κ1) is 17.8. The van der Waals surface area contributed by atoms with Crippen molar-refractivity contribution < 1.29 is 9.57 Å². The first-order chi connectivity index (χ1) is 12.6. The zero-order chi connectivity index (χ0) is 18.4. The van der Waals surface area contributed by atoms with Crippen molar-refractivity contribution in [2.24, 2.45) is 10.3 Å². The fourth-order valence-corrected chi connectivity index (χ4v) is 2.33. The van der Waals surface area contributed by atoms with Crippen molar-refractivity contribution in [1.29, 1.82) is 0 Å². The van der Waals surface area contributed by atoms with Crippen LogP contribution in [0.1, 0.15) is 23.6 Å². The SMILES string of the molecule is CC(=NOCc1ccc(C)cc1)c1ccc(OCC2=NNN(C)N2)cc1. The maximum atomic E-state index is 5.69. The van der Waals surface area contributed by atoms with E-state index >= 15 is 0 Å². The summed E-state index contributed by atoms with van der Waals surface area (Å²) in [5, 5.41) is 9.90. The van der Waals surface area contributed by atoms with Crippen LogP contribution in [0.15, 0.2) is 58.8 Å². The first-order valence-corrected chi connectivity index (χ1v) is 8.38. The zero-order valence-corrected chi connectivity index (χ0v) is 15.2. The Balaban J connectivity index is 1.49. The number of rotatable bonds is 7. The van der Waals surface area contributed by atoms with Crippen molar-refractivity contribution in [1.82, 2.24) is 16.1 Å². The van der Waals surface area contributed by atoms with E-state index in [1.165, 1.54) is 5.56 Å². The summed E-state index contributed by atoms with van der Waals surface area (Å²) in [6.45, 7) is 4.80. The molecule has 26 heavy (non-hydrogen) atoms. The maximum absolute atomic E-state index is 5.69. The lowest BCUT2D eigenvalue weighted by molar-refractivity contribution is 0.130. The Morgan fingerprint density at radius 2 is 1.81 bits per heavy atom. The summed E-state index contributed by atoms with van der Waals surface area (Å²) in [6, 6.07) is 15.9. The summed E-state index contributed by atoms with van der Waals surface area (Å²) >= 11 is 0. The zero-order valence-electron chi connectivity index (χ0n) is 15.2. The number of hydrazone groups is 1. The molecule has 1 aliphatic heterocycles. The van der Waals surface area contributed by atoms with Crippen LogP contribution >= 0.6 is 0 Å². The van der Waals surface area contributed by atoms with Gasteiger partial charge in [-0.05, 0) is 49.2 Å². The second kappa shape index (κ2) is 8.35. The molecule has 0 bridgehead atoms. The molecule has 1 heterocycles. The fourth-order valence-electron chi connectivity index (χ4n) is 2.33. The van der Waals surface area contributed by atoms with Gasteiger partial charge in [-0.15, -0.1) is 10.2 Å². The van der Waals surface area contributed by atoms with Crippen molar-refractivity contribution in [2.75, 3.05) is 13.7 Å². The molecule has 136 valence electrons. The highest BCUT2D eigenvalue weighted by molar-refractivity contribution is 5.98. The molecule has 2 N–H and O–H groups in total. The van der Waals surface area contributed by atoms with Gasteiger partial charge in [-0.3, -0.25) is 5.43 Å². The lowest BCUT2D eigenvalue weighted by atomic mass is 10.1. The average molecular weight is 353 g/mol. The Bertz CT molecular complexity index is 785. The summed E-state index contributed by atoms with van der Waals surface area (Å²) in [6.07, 6.45) is 0. The average Bonchev–Trinajstić information content (AvgIpc) is 3.07. The molecule has 1 aliphatic rings. The third kappa shape index (κ3) is 4.97. The lowest BCUT2D eigenvalue weighted by Gasteiger charge is -2.09. The van der Waals surface area contributed by atoms with Crippen LogP contribution in [0.3, 0.4) is 0 Å². The van der Waals surface area contributed by atoms with Crippen molar-refractivity contribution in [2.45, 2.75) is 20.5 Å². The van der Waals surface area contributed by atoms with Crippen LogP contribution in [0.5, 0.6) is 5.75 Å². The van der Waals surface area contributed by atoms with Gasteiger partial charge in [0.05, 0.1) is 5.71 Å². The van der Waals surface area contributed by atoms with E-state index < -0.39 is 0 Å². The monoisotopic (exact) mass is 353 g/mol. The van der Waals surface area contributed by atoms with Gasteiger partial charge in [0.2, 0.25) is 0 Å². The Morgan fingerprint density at radius 3 is 2.46 bits per heavy atom. The van der Waals surface area contributed by atoms with E-state index in [-0.39, 0.29) is 0 Å². The number of nitrogens with zero attached hydrogens (tertiary/aromatic N) is 3. The van der Waals surface area contributed by atoms with E-state index in [0.29, 0.717) is 13.2 Å². The summed E-state index contributed by atoms with van der Waals surface area (Å²) in [7, 11) is 1.83. The number of nitrogens with one attached hydrogen (secondary N) is 2. The summed E-state index contributed by atoms with van der Waals surface area (Å²) < 4.78 is 5.69. The largest absolute Gasteiger partial charge is 0.486 e. The predicted octanol–water partition coefficient (Wildman–Crippen LogP) is 2.58. The quantitative estimate of drug-likeness (QED) is 0.591. The predicted molar refractivity (Wildman–Crippen MR) is 102 cm³/mol.